The molecule has 0 fully saturated rings. The van der Waals surface area contributed by atoms with Gasteiger partial charge in [0.25, 0.3) is 0 Å². The molecule has 84 valence electrons. The van der Waals surface area contributed by atoms with Gasteiger partial charge < -0.3 is 4.74 Å². The predicted octanol–water partition coefficient (Wildman–Crippen LogP) is -0.288. The number of ketones is 1. The third-order valence-corrected chi connectivity index (χ3v) is 2.12. The number of Topliss-reactive ketones (excluding diaryl/α,β-unsaturated/α-hetero) is 1. The zero-order valence-corrected chi connectivity index (χ0v) is 8.79. The second-order valence-electron chi connectivity index (χ2n) is 3.34. The van der Waals surface area contributed by atoms with Crippen molar-refractivity contribution in [1.82, 2.24) is 14.2 Å². The van der Waals surface area contributed by atoms with Gasteiger partial charge in [-0.05, 0) is 12.1 Å². The second kappa shape index (κ2) is 4.28. The lowest BCUT2D eigenvalue weighted by Crippen LogP contribution is -2.26. The van der Waals surface area contributed by atoms with Crippen LogP contribution >= 0.6 is 0 Å². The average molecular weight is 221 g/mol. The van der Waals surface area contributed by atoms with Crippen LogP contribution in [-0.4, -0.2) is 33.7 Å². The summed E-state index contributed by atoms with van der Waals surface area (Å²) in [6, 6.07) is 5.22. The molecule has 0 saturated heterocycles. The van der Waals surface area contributed by atoms with E-state index in [0.717, 1.165) is 4.68 Å². The predicted molar refractivity (Wildman–Crippen MR) is 56.3 cm³/mol. The van der Waals surface area contributed by atoms with Crippen LogP contribution < -0.4 is 5.69 Å². The topological polar surface area (TPSA) is 65.6 Å². The molecule has 0 radical (unpaired) electrons. The van der Waals surface area contributed by atoms with Gasteiger partial charge in [0, 0.05) is 13.3 Å². The molecule has 0 aliphatic rings. The van der Waals surface area contributed by atoms with E-state index < -0.39 is 0 Å². The van der Waals surface area contributed by atoms with Crippen molar-refractivity contribution in [3.63, 3.8) is 0 Å². The molecule has 0 aliphatic carbocycles. The van der Waals surface area contributed by atoms with Crippen molar-refractivity contribution in [2.45, 2.75) is 6.54 Å². The molecule has 2 rings (SSSR count). The van der Waals surface area contributed by atoms with Gasteiger partial charge >= 0.3 is 5.69 Å². The highest BCUT2D eigenvalue weighted by atomic mass is 16.5. The summed E-state index contributed by atoms with van der Waals surface area (Å²) in [5.41, 5.74) is 0.206. The van der Waals surface area contributed by atoms with E-state index in [9.17, 15) is 9.59 Å². The summed E-state index contributed by atoms with van der Waals surface area (Å²) in [6.07, 6.45) is 1.61. The zero-order valence-electron chi connectivity index (χ0n) is 8.79. The molecule has 0 spiro atoms. The molecule has 0 unspecified atom stereocenters. The lowest BCUT2D eigenvalue weighted by molar-refractivity contribution is -0.123. The van der Waals surface area contributed by atoms with Crippen molar-refractivity contribution in [1.29, 1.82) is 0 Å². The van der Waals surface area contributed by atoms with Crippen LogP contribution in [0, 0.1) is 0 Å². The van der Waals surface area contributed by atoms with Gasteiger partial charge in [-0.1, -0.05) is 6.07 Å². The summed E-state index contributed by atoms with van der Waals surface area (Å²) < 4.78 is 7.21. The van der Waals surface area contributed by atoms with Gasteiger partial charge in [0.15, 0.2) is 11.4 Å². The Morgan fingerprint density at radius 3 is 3.00 bits per heavy atom. The van der Waals surface area contributed by atoms with Crippen LogP contribution in [-0.2, 0) is 16.1 Å². The van der Waals surface area contributed by atoms with Gasteiger partial charge in [0.1, 0.15) is 13.2 Å². The first kappa shape index (κ1) is 10.6. The van der Waals surface area contributed by atoms with Crippen molar-refractivity contribution < 1.29 is 9.53 Å². The maximum absolute atomic E-state index is 11.7. The third-order valence-electron chi connectivity index (χ3n) is 2.12. The first-order valence-electron chi connectivity index (χ1n) is 4.77. The minimum Gasteiger partial charge on any atom is -0.377 e. The Balaban J connectivity index is 2.35. The Kier molecular flexibility index (Phi) is 2.82. The molecule has 0 aromatic carbocycles. The fourth-order valence-corrected chi connectivity index (χ4v) is 1.44. The summed E-state index contributed by atoms with van der Waals surface area (Å²) >= 11 is 0. The van der Waals surface area contributed by atoms with E-state index in [4.69, 9.17) is 4.74 Å². The molecule has 0 atom stereocenters. The van der Waals surface area contributed by atoms with Crippen LogP contribution in [0.15, 0.2) is 29.2 Å². The summed E-state index contributed by atoms with van der Waals surface area (Å²) in [5, 5.41) is 4.03. The Morgan fingerprint density at radius 2 is 2.31 bits per heavy atom. The van der Waals surface area contributed by atoms with E-state index in [1.165, 1.54) is 11.5 Å². The van der Waals surface area contributed by atoms with Crippen LogP contribution in [0.2, 0.25) is 0 Å². The van der Waals surface area contributed by atoms with Crippen molar-refractivity contribution in [3.8, 4) is 0 Å². The standard InChI is InChI=1S/C10H11N3O3/c1-16-7-8(14)6-13-10(15)12-5-3-2-4-9(12)11-13/h2-5H,6-7H2,1H3. The number of hydrogen-bond acceptors (Lipinski definition) is 4. The summed E-state index contributed by atoms with van der Waals surface area (Å²) in [5.74, 6) is -0.187. The van der Waals surface area contributed by atoms with Crippen molar-refractivity contribution in [2.24, 2.45) is 0 Å². The number of fused-ring (bicyclic) bond motifs is 1. The molecule has 2 aromatic heterocycles. The van der Waals surface area contributed by atoms with E-state index >= 15 is 0 Å². The number of nitrogens with zero attached hydrogens (tertiary/aromatic N) is 3. The van der Waals surface area contributed by atoms with Gasteiger partial charge in [-0.15, -0.1) is 5.10 Å². The molecular formula is C10H11N3O3. The number of rotatable bonds is 4. The zero-order chi connectivity index (χ0) is 11.5. The van der Waals surface area contributed by atoms with Gasteiger partial charge in [0.05, 0.1) is 0 Å². The number of pyridine rings is 1. The third kappa shape index (κ3) is 1.87. The van der Waals surface area contributed by atoms with E-state index in [0.29, 0.717) is 5.65 Å². The molecule has 0 amide bonds. The highest BCUT2D eigenvalue weighted by Crippen LogP contribution is 1.94. The van der Waals surface area contributed by atoms with E-state index in [2.05, 4.69) is 5.10 Å². The molecular weight excluding hydrogens is 210 g/mol. The maximum atomic E-state index is 11.7. The largest absolute Gasteiger partial charge is 0.377 e. The Morgan fingerprint density at radius 1 is 1.50 bits per heavy atom. The Hall–Kier alpha value is -1.95. The molecule has 0 saturated carbocycles. The number of aromatic nitrogens is 3. The number of carbonyl (C=O) groups is 1. The Labute approximate surface area is 91.1 Å². The minimum atomic E-state index is -0.319. The van der Waals surface area contributed by atoms with Crippen molar-refractivity contribution in [2.75, 3.05) is 13.7 Å². The smallest absolute Gasteiger partial charge is 0.350 e. The highest BCUT2D eigenvalue weighted by Gasteiger charge is 2.09. The normalized spacial score (nSPS) is 10.8. The highest BCUT2D eigenvalue weighted by molar-refractivity contribution is 5.79. The van der Waals surface area contributed by atoms with Crippen LogP contribution in [0.3, 0.4) is 0 Å². The molecule has 0 bridgehead atoms. The SMILES string of the molecule is COCC(=O)Cn1nc2ccccn2c1=O. The van der Waals surface area contributed by atoms with Crippen LogP contribution in [0.4, 0.5) is 0 Å². The van der Waals surface area contributed by atoms with Crippen LogP contribution in [0.5, 0.6) is 0 Å². The van der Waals surface area contributed by atoms with E-state index in [-0.39, 0.29) is 24.6 Å². The summed E-state index contributed by atoms with van der Waals surface area (Å²) in [6.45, 7) is -0.0747. The quantitative estimate of drug-likeness (QED) is 0.711. The molecule has 0 N–H and O–H groups in total. The first-order valence-corrected chi connectivity index (χ1v) is 4.77. The fourth-order valence-electron chi connectivity index (χ4n) is 1.44. The Bertz CT molecular complexity index is 570. The van der Waals surface area contributed by atoms with Crippen molar-refractivity contribution in [3.05, 3.63) is 34.9 Å². The molecule has 6 heteroatoms. The molecule has 2 aromatic rings. The monoisotopic (exact) mass is 221 g/mol. The molecule has 0 aliphatic heterocycles. The lowest BCUT2D eigenvalue weighted by Gasteiger charge is -1.97. The van der Waals surface area contributed by atoms with E-state index in [1.807, 2.05) is 0 Å². The van der Waals surface area contributed by atoms with Crippen LogP contribution in [0.1, 0.15) is 0 Å². The molecule has 6 nitrogen and oxygen atoms in total. The molecule has 2 heterocycles. The lowest BCUT2D eigenvalue weighted by atomic mass is 10.4. The second-order valence-corrected chi connectivity index (χ2v) is 3.34. The summed E-state index contributed by atoms with van der Waals surface area (Å²) in [7, 11) is 1.43. The van der Waals surface area contributed by atoms with Gasteiger partial charge in [0.2, 0.25) is 0 Å². The number of ether oxygens (including phenoxy) is 1. The van der Waals surface area contributed by atoms with Gasteiger partial charge in [-0.3, -0.25) is 9.20 Å². The van der Waals surface area contributed by atoms with Crippen LogP contribution in [0.25, 0.3) is 5.65 Å². The summed E-state index contributed by atoms with van der Waals surface area (Å²) in [4.78, 5) is 23.0. The van der Waals surface area contributed by atoms with Gasteiger partial charge in [-0.2, -0.15) is 0 Å². The van der Waals surface area contributed by atoms with Gasteiger partial charge in [-0.25, -0.2) is 9.48 Å². The maximum Gasteiger partial charge on any atom is 0.350 e. The number of methoxy groups -OCH3 is 1. The molecule has 16 heavy (non-hydrogen) atoms. The van der Waals surface area contributed by atoms with E-state index in [1.54, 1.807) is 24.4 Å². The fraction of sp³-hybridized carbons (Fsp3) is 0.300. The number of hydrogen-bond donors (Lipinski definition) is 0. The first-order chi connectivity index (χ1) is 7.72. The number of carbonyl (C=O) groups excluding carboxylic acids is 1. The van der Waals surface area contributed by atoms with Crippen molar-refractivity contribution >= 4 is 11.4 Å². The minimum absolute atomic E-state index is 0.0136. The average Bonchev–Trinajstić information content (AvgIpc) is 2.57.